The molecule has 0 bridgehead atoms. The number of anilines is 1. The molecule has 1 N–H and O–H groups in total. The van der Waals surface area contributed by atoms with Crippen LogP contribution in [0.3, 0.4) is 0 Å². The molecule has 4 aromatic rings. The van der Waals surface area contributed by atoms with Gasteiger partial charge in [0.1, 0.15) is 16.4 Å². The fourth-order valence-electron chi connectivity index (χ4n) is 3.17. The molecule has 0 radical (unpaired) electrons. The first-order valence-electron chi connectivity index (χ1n) is 9.15. The Morgan fingerprint density at radius 2 is 1.77 bits per heavy atom. The van der Waals surface area contributed by atoms with Crippen molar-refractivity contribution >= 4 is 34.5 Å². The van der Waals surface area contributed by atoms with Crippen LogP contribution in [0.4, 0.5) is 5.69 Å². The van der Waals surface area contributed by atoms with Crippen LogP contribution in [0, 0.1) is 0 Å². The van der Waals surface area contributed by atoms with Crippen LogP contribution in [-0.4, -0.2) is 24.7 Å². The van der Waals surface area contributed by atoms with Gasteiger partial charge in [-0.15, -0.1) is 11.3 Å². The summed E-state index contributed by atoms with van der Waals surface area (Å²) in [6.07, 6.45) is 3.85. The van der Waals surface area contributed by atoms with Crippen LogP contribution in [-0.2, 0) is 0 Å². The molecule has 30 heavy (non-hydrogen) atoms. The highest BCUT2D eigenvalue weighted by molar-refractivity contribution is 7.13. The Bertz CT molecular complexity index is 1170. The van der Waals surface area contributed by atoms with Crippen LogP contribution in [0.15, 0.2) is 72.4 Å². The second kappa shape index (κ2) is 8.65. The highest BCUT2D eigenvalue weighted by atomic mass is 35.5. The molecule has 2 heterocycles. The molecular weight excluding hydrogens is 420 g/mol. The first kappa shape index (κ1) is 20.1. The van der Waals surface area contributed by atoms with Gasteiger partial charge in [-0.2, -0.15) is 0 Å². The number of rotatable bonds is 6. The number of hydrogen-bond acceptors (Lipinski definition) is 4. The Morgan fingerprint density at radius 1 is 1.03 bits per heavy atom. The molecule has 2 aromatic heterocycles. The molecule has 2 aromatic carbocycles. The number of amides is 1. The van der Waals surface area contributed by atoms with Gasteiger partial charge >= 0.3 is 0 Å². The van der Waals surface area contributed by atoms with E-state index in [0.717, 1.165) is 16.8 Å². The Morgan fingerprint density at radius 3 is 2.43 bits per heavy atom. The minimum atomic E-state index is -0.215. The van der Waals surface area contributed by atoms with Gasteiger partial charge in [-0.1, -0.05) is 23.7 Å². The third kappa shape index (κ3) is 3.92. The quantitative estimate of drug-likeness (QED) is 0.394. The SMILES string of the molecule is COc1ccc(NC(=O)c2scc(-c3ccc(Cl)cc3)c2-n2cccc2)c(OC)c1. The molecule has 4 rings (SSSR count). The number of thiophene rings is 1. The number of nitrogens with zero attached hydrogens (tertiary/aromatic N) is 1. The van der Waals surface area contributed by atoms with Gasteiger partial charge in [0.05, 0.1) is 25.6 Å². The van der Waals surface area contributed by atoms with E-state index in [1.807, 2.05) is 58.7 Å². The van der Waals surface area contributed by atoms with E-state index in [-0.39, 0.29) is 5.91 Å². The number of hydrogen-bond donors (Lipinski definition) is 1. The average molecular weight is 439 g/mol. The summed E-state index contributed by atoms with van der Waals surface area (Å²) < 4.78 is 12.6. The molecule has 0 fully saturated rings. The molecule has 0 unspecified atom stereocenters. The molecule has 0 atom stereocenters. The predicted molar refractivity (Wildman–Crippen MR) is 122 cm³/mol. The maximum atomic E-state index is 13.2. The highest BCUT2D eigenvalue weighted by Crippen LogP contribution is 2.37. The van der Waals surface area contributed by atoms with Gasteiger partial charge in [0.15, 0.2) is 0 Å². The monoisotopic (exact) mass is 438 g/mol. The molecule has 0 aliphatic rings. The fraction of sp³-hybridized carbons (Fsp3) is 0.0870. The lowest BCUT2D eigenvalue weighted by atomic mass is 10.1. The largest absolute Gasteiger partial charge is 0.497 e. The van der Waals surface area contributed by atoms with E-state index >= 15 is 0 Å². The third-order valence-corrected chi connectivity index (χ3v) is 5.87. The minimum absolute atomic E-state index is 0.215. The topological polar surface area (TPSA) is 52.5 Å². The number of methoxy groups -OCH3 is 2. The summed E-state index contributed by atoms with van der Waals surface area (Å²) in [5, 5.41) is 5.61. The van der Waals surface area contributed by atoms with Gasteiger partial charge in [-0.3, -0.25) is 4.79 Å². The van der Waals surface area contributed by atoms with E-state index in [1.54, 1.807) is 32.4 Å². The van der Waals surface area contributed by atoms with E-state index in [1.165, 1.54) is 11.3 Å². The molecular formula is C23H19ClN2O3S. The van der Waals surface area contributed by atoms with E-state index < -0.39 is 0 Å². The number of nitrogens with one attached hydrogen (secondary N) is 1. The molecule has 5 nitrogen and oxygen atoms in total. The molecule has 0 aliphatic carbocycles. The van der Waals surface area contributed by atoms with E-state index in [9.17, 15) is 4.79 Å². The summed E-state index contributed by atoms with van der Waals surface area (Å²) in [5.41, 5.74) is 3.33. The molecule has 7 heteroatoms. The van der Waals surface area contributed by atoms with Crippen molar-refractivity contribution in [1.82, 2.24) is 4.57 Å². The lowest BCUT2D eigenvalue weighted by Crippen LogP contribution is -2.13. The normalized spacial score (nSPS) is 10.6. The molecule has 0 spiro atoms. The van der Waals surface area contributed by atoms with Gasteiger partial charge in [0.25, 0.3) is 5.91 Å². The Balaban J connectivity index is 1.74. The average Bonchev–Trinajstić information content (AvgIpc) is 3.44. The zero-order chi connectivity index (χ0) is 21.1. The zero-order valence-corrected chi connectivity index (χ0v) is 18.0. The van der Waals surface area contributed by atoms with Crippen LogP contribution >= 0.6 is 22.9 Å². The van der Waals surface area contributed by atoms with E-state index in [0.29, 0.717) is 27.1 Å². The zero-order valence-electron chi connectivity index (χ0n) is 16.4. The van der Waals surface area contributed by atoms with Gasteiger partial charge in [-0.25, -0.2) is 0 Å². The van der Waals surface area contributed by atoms with E-state index in [2.05, 4.69) is 5.32 Å². The third-order valence-electron chi connectivity index (χ3n) is 4.65. The second-order valence-corrected chi connectivity index (χ2v) is 7.76. The summed E-state index contributed by atoms with van der Waals surface area (Å²) in [6, 6.07) is 16.7. The van der Waals surface area contributed by atoms with E-state index in [4.69, 9.17) is 21.1 Å². The van der Waals surface area contributed by atoms with Crippen molar-refractivity contribution in [3.63, 3.8) is 0 Å². The number of aromatic nitrogens is 1. The van der Waals surface area contributed by atoms with Crippen molar-refractivity contribution in [2.24, 2.45) is 0 Å². The van der Waals surface area contributed by atoms with Gasteiger partial charge < -0.3 is 19.4 Å². The summed E-state index contributed by atoms with van der Waals surface area (Å²) in [4.78, 5) is 13.8. The van der Waals surface area contributed by atoms with Gasteiger partial charge in [0, 0.05) is 34.4 Å². The number of halogens is 1. The number of ether oxygens (including phenoxy) is 2. The van der Waals surface area contributed by atoms with Crippen molar-refractivity contribution in [2.75, 3.05) is 19.5 Å². The maximum absolute atomic E-state index is 13.2. The summed E-state index contributed by atoms with van der Waals surface area (Å²) in [5.74, 6) is 0.964. The number of carbonyl (C=O) groups excluding carboxylic acids is 1. The summed E-state index contributed by atoms with van der Waals surface area (Å²) in [6.45, 7) is 0. The van der Waals surface area contributed by atoms with Crippen LogP contribution in [0.1, 0.15) is 9.67 Å². The Labute approximate surface area is 183 Å². The lowest BCUT2D eigenvalue weighted by molar-refractivity contribution is 0.103. The smallest absolute Gasteiger partial charge is 0.268 e. The van der Waals surface area contributed by atoms with Gasteiger partial charge in [-0.05, 0) is 42.0 Å². The Hall–Kier alpha value is -3.22. The first-order chi connectivity index (χ1) is 14.6. The van der Waals surface area contributed by atoms with Crippen molar-refractivity contribution in [3.05, 3.63) is 82.3 Å². The lowest BCUT2D eigenvalue weighted by Gasteiger charge is -2.13. The molecule has 152 valence electrons. The fourth-order valence-corrected chi connectivity index (χ4v) is 4.26. The molecule has 1 amide bonds. The Kier molecular flexibility index (Phi) is 5.79. The summed E-state index contributed by atoms with van der Waals surface area (Å²) >= 11 is 7.44. The van der Waals surface area contributed by atoms with Crippen LogP contribution < -0.4 is 14.8 Å². The van der Waals surface area contributed by atoms with Crippen LogP contribution in [0.25, 0.3) is 16.8 Å². The second-order valence-electron chi connectivity index (χ2n) is 6.44. The van der Waals surface area contributed by atoms with Crippen molar-refractivity contribution in [1.29, 1.82) is 0 Å². The van der Waals surface area contributed by atoms with Crippen molar-refractivity contribution in [3.8, 4) is 28.3 Å². The highest BCUT2D eigenvalue weighted by Gasteiger charge is 2.21. The van der Waals surface area contributed by atoms with Crippen molar-refractivity contribution in [2.45, 2.75) is 0 Å². The summed E-state index contributed by atoms with van der Waals surface area (Å²) in [7, 11) is 3.14. The molecule has 0 aliphatic heterocycles. The predicted octanol–water partition coefficient (Wildman–Crippen LogP) is 6.13. The first-order valence-corrected chi connectivity index (χ1v) is 10.4. The molecule has 0 saturated heterocycles. The van der Waals surface area contributed by atoms with Gasteiger partial charge in [0.2, 0.25) is 0 Å². The standard InChI is InChI=1S/C23H19ClN2O3S/c1-28-17-9-10-19(20(13-17)29-2)25-23(27)22-21(26-11-3-4-12-26)18(14-30-22)15-5-7-16(24)8-6-15/h3-14H,1-2H3,(H,25,27). The maximum Gasteiger partial charge on any atom is 0.268 e. The van der Waals surface area contributed by atoms with Crippen LogP contribution in [0.5, 0.6) is 11.5 Å². The van der Waals surface area contributed by atoms with Crippen molar-refractivity contribution < 1.29 is 14.3 Å². The minimum Gasteiger partial charge on any atom is -0.497 e. The molecule has 0 saturated carbocycles. The number of benzene rings is 2. The van der Waals surface area contributed by atoms with Crippen LogP contribution in [0.2, 0.25) is 5.02 Å². The number of carbonyl (C=O) groups is 1.